The average molecular weight is 525 g/mol. The Labute approximate surface area is 199 Å². The van der Waals surface area contributed by atoms with E-state index in [4.69, 9.17) is 30.6 Å². The highest BCUT2D eigenvalue weighted by molar-refractivity contribution is 7.83. The molecular weight excluding hydrogens is 492 g/mol. The first-order chi connectivity index (χ1) is 14.7. The monoisotopic (exact) mass is 524 g/mol. The van der Waals surface area contributed by atoms with E-state index in [-0.39, 0.29) is 24.6 Å². The minimum atomic E-state index is -1.23. The zero-order valence-corrected chi connectivity index (χ0v) is 20.3. The molecule has 0 saturated carbocycles. The molecule has 0 aromatic rings. The van der Waals surface area contributed by atoms with Crippen molar-refractivity contribution in [3.05, 3.63) is 0 Å². The van der Waals surface area contributed by atoms with Crippen molar-refractivity contribution >= 4 is 59.9 Å². The second kappa shape index (κ2) is 21.4. The van der Waals surface area contributed by atoms with Crippen molar-refractivity contribution in [2.24, 2.45) is 0 Å². The molecule has 0 radical (unpaired) electrons. The third kappa shape index (κ3) is 28.6. The summed E-state index contributed by atoms with van der Waals surface area (Å²) in [6.45, 7) is -2.25. The molecular formula is C16H32N2O11S3. The summed E-state index contributed by atoms with van der Waals surface area (Å²) in [5, 5.41) is 52.0. The predicted octanol–water partition coefficient (Wildman–Crippen LogP) is -2.51. The number of aliphatic hydroxyl groups excluding tert-OH is 2. The van der Waals surface area contributed by atoms with Crippen LogP contribution in [0.25, 0.3) is 0 Å². The van der Waals surface area contributed by atoms with Crippen molar-refractivity contribution in [3.8, 4) is 0 Å². The summed E-state index contributed by atoms with van der Waals surface area (Å²) in [5.41, 5.74) is 0. The minimum absolute atomic E-state index is 0.0703. The first-order valence-corrected chi connectivity index (χ1v) is 12.0. The molecule has 0 bridgehead atoms. The molecule has 0 aliphatic carbocycles. The fourth-order valence-corrected chi connectivity index (χ4v) is 2.21. The van der Waals surface area contributed by atoms with E-state index in [1.807, 2.05) is 0 Å². The van der Waals surface area contributed by atoms with E-state index in [0.29, 0.717) is 0 Å². The highest BCUT2D eigenvalue weighted by Crippen LogP contribution is 1.97. The molecule has 0 aromatic carbocycles. The maximum Gasteiger partial charge on any atom is 0.317 e. The van der Waals surface area contributed by atoms with Crippen molar-refractivity contribution in [2.45, 2.75) is 12.2 Å². The Morgan fingerprint density at radius 2 is 0.875 bits per heavy atom. The molecule has 16 heteroatoms. The number of rotatable bonds is 14. The molecule has 2 atom stereocenters. The lowest BCUT2D eigenvalue weighted by Gasteiger charge is -2.23. The first-order valence-electron chi connectivity index (χ1n) is 8.80. The van der Waals surface area contributed by atoms with Gasteiger partial charge in [0.2, 0.25) is 0 Å². The molecule has 13 nitrogen and oxygen atoms in total. The van der Waals surface area contributed by atoms with Gasteiger partial charge in [0, 0.05) is 47.9 Å². The Bertz CT molecular complexity index is 516. The summed E-state index contributed by atoms with van der Waals surface area (Å²) >= 11 is 7.53. The van der Waals surface area contributed by atoms with Gasteiger partial charge >= 0.3 is 23.9 Å². The van der Waals surface area contributed by atoms with E-state index >= 15 is 0 Å². The summed E-state index contributed by atoms with van der Waals surface area (Å²) in [7, 11) is -0.611. The molecule has 0 aromatic heterocycles. The molecule has 0 spiro atoms. The maximum absolute atomic E-state index is 10.6. The van der Waals surface area contributed by atoms with Crippen LogP contribution in [0.5, 0.6) is 0 Å². The lowest BCUT2D eigenvalue weighted by Crippen LogP contribution is -2.43. The van der Waals surface area contributed by atoms with Crippen molar-refractivity contribution < 1.29 is 54.0 Å². The van der Waals surface area contributed by atoms with Crippen molar-refractivity contribution in [1.82, 2.24) is 9.80 Å². The van der Waals surface area contributed by atoms with Gasteiger partial charge in [0.15, 0.2) is 0 Å². The van der Waals surface area contributed by atoms with Gasteiger partial charge in [-0.15, -0.1) is 0 Å². The van der Waals surface area contributed by atoms with E-state index in [2.05, 4.69) is 25.3 Å². The van der Waals surface area contributed by atoms with Crippen LogP contribution in [0.2, 0.25) is 0 Å². The summed E-state index contributed by atoms with van der Waals surface area (Å²) in [6.07, 6.45) is 1.80. The molecule has 6 N–H and O–H groups in total. The fraction of sp³-hybridized carbons (Fsp3) is 0.750. The Morgan fingerprint density at radius 3 is 1.00 bits per heavy atom. The highest BCUT2D eigenvalue weighted by Gasteiger charge is 2.18. The fourth-order valence-electron chi connectivity index (χ4n) is 1.72. The molecule has 0 heterocycles. The Hall–Kier alpha value is -1.43. The summed E-state index contributed by atoms with van der Waals surface area (Å²) in [5.74, 6) is -4.35. The molecule has 190 valence electrons. The summed E-state index contributed by atoms with van der Waals surface area (Å²) < 4.78 is 9.56. The van der Waals surface area contributed by atoms with Crippen LogP contribution in [-0.4, -0.2) is 144 Å². The van der Waals surface area contributed by atoms with Crippen LogP contribution >= 0.6 is 25.3 Å². The van der Waals surface area contributed by atoms with E-state index in [1.165, 1.54) is 0 Å². The second-order valence-electron chi connectivity index (χ2n) is 6.24. The van der Waals surface area contributed by atoms with Crippen LogP contribution < -0.4 is 0 Å². The van der Waals surface area contributed by atoms with Crippen LogP contribution in [0.15, 0.2) is 0 Å². The maximum atomic E-state index is 10.6. The largest absolute Gasteiger partial charge is 0.480 e. The SMILES string of the molecule is CS(C)=O.O=C(O)CN(CCN(CC(=O)O)CC(=O)O)CC(=O)O.O[C@H](CS)[C@H](O)CS. The molecule has 32 heavy (non-hydrogen) atoms. The van der Waals surface area contributed by atoms with Crippen molar-refractivity contribution in [1.29, 1.82) is 0 Å². The van der Waals surface area contributed by atoms with Gasteiger partial charge in [0.05, 0.1) is 38.4 Å². The lowest BCUT2D eigenvalue weighted by molar-refractivity contribution is -0.145. The van der Waals surface area contributed by atoms with Gasteiger partial charge < -0.3 is 30.6 Å². The Balaban J connectivity index is -0.000000575. The number of aliphatic carboxylic acids is 4. The molecule has 0 amide bonds. The number of thiol groups is 2. The van der Waals surface area contributed by atoms with Crippen LogP contribution in [0.3, 0.4) is 0 Å². The van der Waals surface area contributed by atoms with Crippen LogP contribution in [0.4, 0.5) is 0 Å². The average Bonchev–Trinajstić information content (AvgIpc) is 2.62. The van der Waals surface area contributed by atoms with E-state index in [0.717, 1.165) is 9.80 Å². The zero-order valence-electron chi connectivity index (χ0n) is 17.7. The van der Waals surface area contributed by atoms with Gasteiger partial charge in [0.25, 0.3) is 0 Å². The number of carboxylic acids is 4. The smallest absolute Gasteiger partial charge is 0.317 e. The number of hydrogen-bond donors (Lipinski definition) is 8. The number of carboxylic acid groups (broad SMARTS) is 4. The van der Waals surface area contributed by atoms with E-state index in [9.17, 15) is 23.4 Å². The normalized spacial score (nSPS) is 12.3. The quantitative estimate of drug-likeness (QED) is 0.110. The molecule has 0 fully saturated rings. The standard InChI is InChI=1S/C10H16N2O8.C4H10O2S2.C2H6OS/c13-7(14)3-11(4-8(15)16)1-2-12(5-9(17)18)6-10(19)20;5-3(1-7)4(6)2-8;1-4(2)3/h1-6H2,(H,13,14)(H,15,16)(H,17,18)(H,19,20);3-8H,1-2H2;1-2H3/t;3-,4-;/m.1./s1. The lowest BCUT2D eigenvalue weighted by atomic mass is 10.3. The molecule has 0 saturated heterocycles. The number of nitrogens with zero attached hydrogens (tertiary/aromatic N) is 2. The van der Waals surface area contributed by atoms with Crippen LogP contribution in [0, 0.1) is 0 Å². The number of carbonyl (C=O) groups is 4. The highest BCUT2D eigenvalue weighted by atomic mass is 32.2. The van der Waals surface area contributed by atoms with Crippen molar-refractivity contribution in [3.63, 3.8) is 0 Å². The third-order valence-corrected chi connectivity index (χ3v) is 3.73. The van der Waals surface area contributed by atoms with E-state index in [1.54, 1.807) is 12.5 Å². The van der Waals surface area contributed by atoms with Gasteiger partial charge in [0.1, 0.15) is 0 Å². The summed E-state index contributed by atoms with van der Waals surface area (Å²) in [4.78, 5) is 44.4. The second-order valence-corrected chi connectivity index (χ2v) is 8.45. The zero-order chi connectivity index (χ0) is 25.9. The summed E-state index contributed by atoms with van der Waals surface area (Å²) in [6, 6.07) is 0. The first kappa shape index (κ1) is 35.2. The van der Waals surface area contributed by atoms with E-state index < -0.39 is 73.1 Å². The van der Waals surface area contributed by atoms with Crippen LogP contribution in [0.1, 0.15) is 0 Å². The van der Waals surface area contributed by atoms with Gasteiger partial charge in [-0.2, -0.15) is 25.3 Å². The third-order valence-electron chi connectivity index (χ3n) is 2.99. The number of hydrogen-bond acceptors (Lipinski definition) is 11. The van der Waals surface area contributed by atoms with Crippen LogP contribution in [-0.2, 0) is 30.0 Å². The van der Waals surface area contributed by atoms with Gasteiger partial charge in [-0.25, -0.2) is 0 Å². The Morgan fingerprint density at radius 1 is 0.688 bits per heavy atom. The van der Waals surface area contributed by atoms with Crippen molar-refractivity contribution in [2.75, 3.05) is 63.3 Å². The van der Waals surface area contributed by atoms with Gasteiger partial charge in [-0.1, -0.05) is 0 Å². The van der Waals surface area contributed by atoms with Gasteiger partial charge in [-0.3, -0.25) is 33.2 Å². The topological polar surface area (TPSA) is 213 Å². The molecule has 0 unspecified atom stereocenters. The molecule has 0 rings (SSSR count). The predicted molar refractivity (Wildman–Crippen MR) is 123 cm³/mol. The number of aliphatic hydroxyl groups is 2. The Kier molecular flexibility index (Phi) is 23.5. The minimum Gasteiger partial charge on any atom is -0.480 e. The molecule has 0 aliphatic rings. The van der Waals surface area contributed by atoms with Gasteiger partial charge in [-0.05, 0) is 0 Å². The molecule has 0 aliphatic heterocycles.